The molecule has 5 heterocycles. The Bertz CT molecular complexity index is 1310. The number of piperidine rings is 1. The molecule has 1 atom stereocenters. The van der Waals surface area contributed by atoms with Crippen molar-refractivity contribution in [1.82, 2.24) is 19.9 Å². The lowest BCUT2D eigenvalue weighted by atomic mass is 9.73. The van der Waals surface area contributed by atoms with Gasteiger partial charge in [-0.2, -0.15) is 0 Å². The molecule has 1 aliphatic carbocycles. The van der Waals surface area contributed by atoms with Crippen LogP contribution in [0.5, 0.6) is 0 Å². The van der Waals surface area contributed by atoms with E-state index in [-0.39, 0.29) is 17.4 Å². The van der Waals surface area contributed by atoms with Gasteiger partial charge in [-0.25, -0.2) is 19.9 Å². The number of fused-ring (bicyclic) bond motifs is 1. The van der Waals surface area contributed by atoms with E-state index in [2.05, 4.69) is 29.7 Å². The van der Waals surface area contributed by atoms with Crippen LogP contribution >= 0.6 is 34.7 Å². The van der Waals surface area contributed by atoms with Crippen LogP contribution in [-0.4, -0.2) is 56.8 Å². The third-order valence-corrected chi connectivity index (χ3v) is 10.6. The van der Waals surface area contributed by atoms with Gasteiger partial charge in [0.15, 0.2) is 5.82 Å². The number of anilines is 3. The van der Waals surface area contributed by atoms with Crippen LogP contribution in [-0.2, 0) is 6.42 Å². The fourth-order valence-corrected chi connectivity index (χ4v) is 7.67. The minimum atomic E-state index is -0.719. The van der Waals surface area contributed by atoms with Crippen molar-refractivity contribution >= 4 is 52.2 Å². The summed E-state index contributed by atoms with van der Waals surface area (Å²) >= 11 is 9.84. The smallest absolute Gasteiger partial charge is 0.158 e. The third kappa shape index (κ3) is 4.44. The first kappa shape index (κ1) is 25.1. The summed E-state index contributed by atoms with van der Waals surface area (Å²) in [4.78, 5) is 24.8. The molecule has 37 heavy (non-hydrogen) atoms. The van der Waals surface area contributed by atoms with Crippen LogP contribution in [0.4, 0.5) is 17.5 Å². The number of hydrogen-bond acceptors (Lipinski definition) is 11. The van der Waals surface area contributed by atoms with Crippen molar-refractivity contribution in [3.63, 3.8) is 0 Å². The van der Waals surface area contributed by atoms with Gasteiger partial charge < -0.3 is 26.4 Å². The minimum Gasteiger partial charge on any atom is -0.390 e. The Morgan fingerprint density at radius 3 is 2.62 bits per heavy atom. The summed E-state index contributed by atoms with van der Waals surface area (Å²) in [5.74, 6) is 2.07. The third-order valence-electron chi connectivity index (χ3n) is 8.20. The van der Waals surface area contributed by atoms with E-state index in [4.69, 9.17) is 23.1 Å². The van der Waals surface area contributed by atoms with Gasteiger partial charge in [0.05, 0.1) is 34.1 Å². The molecule has 0 saturated carbocycles. The number of nitrogens with two attached hydrogens (primary N) is 2. The standard InChI is InChI=1S/C25H31ClN8OS2/c1-24(2,35)14-11-34(12-14)22-18(26)15(3-6-29-22)37-23-21(28)32-17(10-30-23)33-7-4-25(5-8-33)9-16-19(20(25)27)31-13-36-16/h3,6,10,13-14,20,35H,4-5,7-9,11-12,27H2,1-2H3,(H2,28,32)/t20-/m1/s1. The normalized spacial score (nSPS) is 21.4. The van der Waals surface area contributed by atoms with Gasteiger partial charge in [-0.1, -0.05) is 23.4 Å². The second-order valence-electron chi connectivity index (χ2n) is 10.9. The van der Waals surface area contributed by atoms with E-state index in [0.29, 0.717) is 34.8 Å². The number of hydrogen-bond donors (Lipinski definition) is 3. The Morgan fingerprint density at radius 2 is 1.95 bits per heavy atom. The monoisotopic (exact) mass is 558 g/mol. The molecule has 0 amide bonds. The summed E-state index contributed by atoms with van der Waals surface area (Å²) in [6.45, 7) is 6.84. The summed E-state index contributed by atoms with van der Waals surface area (Å²) in [6, 6.07) is 1.87. The highest BCUT2D eigenvalue weighted by molar-refractivity contribution is 7.99. The molecule has 12 heteroatoms. The van der Waals surface area contributed by atoms with Crippen molar-refractivity contribution in [1.29, 1.82) is 0 Å². The Balaban J connectivity index is 1.12. The number of nitrogen functional groups attached to an aromatic ring is 1. The van der Waals surface area contributed by atoms with Gasteiger partial charge >= 0.3 is 0 Å². The van der Waals surface area contributed by atoms with E-state index in [1.807, 2.05) is 25.4 Å². The predicted octanol–water partition coefficient (Wildman–Crippen LogP) is 3.76. The molecule has 0 unspecified atom stereocenters. The van der Waals surface area contributed by atoms with E-state index < -0.39 is 5.60 Å². The highest BCUT2D eigenvalue weighted by Crippen LogP contribution is 2.51. The van der Waals surface area contributed by atoms with Gasteiger partial charge in [-0.15, -0.1) is 11.3 Å². The average Bonchev–Trinajstić information content (AvgIpc) is 3.37. The molecule has 0 bridgehead atoms. The molecule has 6 rings (SSSR count). The van der Waals surface area contributed by atoms with Crippen molar-refractivity contribution in [2.75, 3.05) is 41.7 Å². The fraction of sp³-hybridized carbons (Fsp3) is 0.520. The Kier molecular flexibility index (Phi) is 6.27. The molecule has 1 spiro atoms. The van der Waals surface area contributed by atoms with Crippen LogP contribution in [0.15, 0.2) is 33.9 Å². The van der Waals surface area contributed by atoms with E-state index in [9.17, 15) is 5.11 Å². The van der Waals surface area contributed by atoms with Gasteiger partial charge in [-0.05, 0) is 44.6 Å². The van der Waals surface area contributed by atoms with Gasteiger partial charge in [0.2, 0.25) is 0 Å². The minimum absolute atomic E-state index is 0.0121. The van der Waals surface area contributed by atoms with Crippen molar-refractivity contribution in [2.24, 2.45) is 17.1 Å². The Morgan fingerprint density at radius 1 is 1.19 bits per heavy atom. The Labute approximate surface area is 229 Å². The van der Waals surface area contributed by atoms with Gasteiger partial charge in [-0.3, -0.25) is 0 Å². The molecule has 0 radical (unpaired) electrons. The molecule has 3 aromatic heterocycles. The number of rotatable bonds is 5. The second-order valence-corrected chi connectivity index (χ2v) is 13.2. The zero-order valence-corrected chi connectivity index (χ0v) is 23.3. The Hall–Kier alpha value is -2.18. The summed E-state index contributed by atoms with van der Waals surface area (Å²) in [6.07, 6.45) is 6.55. The molecular formula is C25H31ClN8OS2. The molecular weight excluding hydrogens is 528 g/mol. The maximum absolute atomic E-state index is 10.2. The summed E-state index contributed by atoms with van der Waals surface area (Å²) in [5, 5.41) is 11.4. The van der Waals surface area contributed by atoms with Gasteiger partial charge in [0.1, 0.15) is 16.7 Å². The van der Waals surface area contributed by atoms with E-state index in [0.717, 1.165) is 48.8 Å². The molecule has 196 valence electrons. The molecule has 2 fully saturated rings. The summed E-state index contributed by atoms with van der Waals surface area (Å²) in [7, 11) is 0. The number of thiazole rings is 1. The number of halogens is 1. The van der Waals surface area contributed by atoms with Crippen molar-refractivity contribution in [3.05, 3.63) is 39.6 Å². The lowest BCUT2D eigenvalue weighted by Crippen LogP contribution is -2.56. The summed E-state index contributed by atoms with van der Waals surface area (Å²) < 4.78 is 0. The molecule has 3 aliphatic rings. The van der Waals surface area contributed by atoms with Gasteiger partial charge in [0.25, 0.3) is 0 Å². The summed E-state index contributed by atoms with van der Waals surface area (Å²) in [5.41, 5.74) is 15.4. The molecule has 2 saturated heterocycles. The number of pyridine rings is 1. The number of aromatic nitrogens is 4. The fourth-order valence-electron chi connectivity index (χ4n) is 5.58. The van der Waals surface area contributed by atoms with E-state index >= 15 is 0 Å². The number of nitrogens with zero attached hydrogens (tertiary/aromatic N) is 6. The number of aliphatic hydroxyl groups is 1. The quantitative estimate of drug-likeness (QED) is 0.425. The SMILES string of the molecule is CC(C)(O)C1CN(c2nccc(Sc3ncc(N4CCC5(CC4)Cc4scnc4[C@H]5N)nc3N)c2Cl)C1. The molecule has 2 aliphatic heterocycles. The first-order valence-corrected chi connectivity index (χ1v) is 14.6. The highest BCUT2D eigenvalue weighted by atomic mass is 35.5. The second kappa shape index (κ2) is 9.23. The largest absolute Gasteiger partial charge is 0.390 e. The molecule has 3 aromatic rings. The lowest BCUT2D eigenvalue weighted by molar-refractivity contribution is 0.00438. The molecule has 9 nitrogen and oxygen atoms in total. The van der Waals surface area contributed by atoms with E-state index in [1.54, 1.807) is 23.7 Å². The van der Waals surface area contributed by atoms with Crippen LogP contribution < -0.4 is 21.3 Å². The maximum atomic E-state index is 10.2. The van der Waals surface area contributed by atoms with Crippen LogP contribution in [0.1, 0.15) is 43.3 Å². The first-order chi connectivity index (χ1) is 17.6. The predicted molar refractivity (Wildman–Crippen MR) is 148 cm³/mol. The van der Waals surface area contributed by atoms with Gasteiger partial charge in [0, 0.05) is 48.1 Å². The van der Waals surface area contributed by atoms with Crippen LogP contribution in [0.2, 0.25) is 5.02 Å². The van der Waals surface area contributed by atoms with Crippen LogP contribution in [0, 0.1) is 11.3 Å². The maximum Gasteiger partial charge on any atom is 0.158 e. The average molecular weight is 559 g/mol. The zero-order valence-electron chi connectivity index (χ0n) is 20.9. The lowest BCUT2D eigenvalue weighted by Gasteiger charge is -2.46. The van der Waals surface area contributed by atoms with E-state index in [1.165, 1.54) is 16.6 Å². The molecule has 5 N–H and O–H groups in total. The van der Waals surface area contributed by atoms with Crippen LogP contribution in [0.3, 0.4) is 0 Å². The van der Waals surface area contributed by atoms with Crippen molar-refractivity contribution in [3.8, 4) is 0 Å². The van der Waals surface area contributed by atoms with Crippen LogP contribution in [0.25, 0.3) is 0 Å². The highest BCUT2D eigenvalue weighted by Gasteiger charge is 2.47. The topological polar surface area (TPSA) is 130 Å². The zero-order chi connectivity index (χ0) is 25.9. The molecule has 0 aromatic carbocycles. The van der Waals surface area contributed by atoms with Crippen molar-refractivity contribution in [2.45, 2.75) is 54.7 Å². The van der Waals surface area contributed by atoms with Crippen molar-refractivity contribution < 1.29 is 5.11 Å². The first-order valence-electron chi connectivity index (χ1n) is 12.5.